The van der Waals surface area contributed by atoms with Crippen molar-refractivity contribution in [3.05, 3.63) is 53.8 Å². The van der Waals surface area contributed by atoms with Crippen LogP contribution in [0, 0.1) is 5.82 Å². The molecule has 1 heterocycles. The number of sulfonamides is 1. The second-order valence-electron chi connectivity index (χ2n) is 5.43. The summed E-state index contributed by atoms with van der Waals surface area (Å²) in [5, 5.41) is 3.03. The molecule has 1 aromatic heterocycles. The standard InChI is InChI=1S/C16H14FN3O3S2/c1-25(22,23)20-16-19-13-7-6-12(9-14(13)24-16)18-15(21)8-10-2-4-11(17)5-3-10/h2-7,9H,8H2,1H3,(H,18,21)(H,19,20). The largest absolute Gasteiger partial charge is 0.326 e. The van der Waals surface area contributed by atoms with Crippen molar-refractivity contribution in [3.63, 3.8) is 0 Å². The van der Waals surface area contributed by atoms with Gasteiger partial charge < -0.3 is 5.32 Å². The predicted molar refractivity (Wildman–Crippen MR) is 96.8 cm³/mol. The van der Waals surface area contributed by atoms with Gasteiger partial charge in [-0.05, 0) is 35.9 Å². The van der Waals surface area contributed by atoms with E-state index in [1.807, 2.05) is 0 Å². The Hall–Kier alpha value is -2.52. The number of rotatable bonds is 5. The third-order valence-electron chi connectivity index (χ3n) is 3.22. The first-order valence-electron chi connectivity index (χ1n) is 7.21. The van der Waals surface area contributed by atoms with Crippen LogP contribution in [0.3, 0.4) is 0 Å². The zero-order chi connectivity index (χ0) is 18.0. The first kappa shape index (κ1) is 17.3. The summed E-state index contributed by atoms with van der Waals surface area (Å²) in [6, 6.07) is 10.9. The number of anilines is 2. The quantitative estimate of drug-likeness (QED) is 0.713. The molecule has 0 atom stereocenters. The van der Waals surface area contributed by atoms with Gasteiger partial charge in [0, 0.05) is 5.69 Å². The van der Waals surface area contributed by atoms with E-state index in [-0.39, 0.29) is 23.3 Å². The Kier molecular flexibility index (Phi) is 4.69. The van der Waals surface area contributed by atoms with E-state index in [4.69, 9.17) is 0 Å². The fourth-order valence-electron chi connectivity index (χ4n) is 2.20. The molecule has 2 N–H and O–H groups in total. The van der Waals surface area contributed by atoms with Crippen LogP contribution in [0.4, 0.5) is 15.2 Å². The number of thiazole rings is 1. The molecular formula is C16H14FN3O3S2. The molecule has 0 saturated carbocycles. The second kappa shape index (κ2) is 6.77. The summed E-state index contributed by atoms with van der Waals surface area (Å²) in [5.74, 6) is -0.580. The summed E-state index contributed by atoms with van der Waals surface area (Å²) in [6.07, 6.45) is 1.18. The van der Waals surface area contributed by atoms with Crippen LogP contribution in [0.15, 0.2) is 42.5 Å². The van der Waals surface area contributed by atoms with Crippen molar-refractivity contribution in [2.45, 2.75) is 6.42 Å². The average molecular weight is 379 g/mol. The van der Waals surface area contributed by atoms with E-state index in [1.165, 1.54) is 23.5 Å². The maximum atomic E-state index is 12.9. The maximum Gasteiger partial charge on any atom is 0.231 e. The smallest absolute Gasteiger partial charge is 0.231 e. The lowest BCUT2D eigenvalue weighted by atomic mass is 10.1. The Balaban J connectivity index is 1.72. The average Bonchev–Trinajstić information content (AvgIpc) is 2.88. The molecule has 1 amide bonds. The summed E-state index contributed by atoms with van der Waals surface area (Å²) in [5.41, 5.74) is 1.92. The van der Waals surface area contributed by atoms with E-state index in [2.05, 4.69) is 15.0 Å². The van der Waals surface area contributed by atoms with Crippen LogP contribution in [-0.4, -0.2) is 25.6 Å². The molecule has 3 rings (SSSR count). The molecule has 0 radical (unpaired) electrons. The molecule has 0 saturated heterocycles. The lowest BCUT2D eigenvalue weighted by Gasteiger charge is -2.05. The molecule has 0 aliphatic carbocycles. The van der Waals surface area contributed by atoms with E-state index in [0.717, 1.165) is 11.0 Å². The minimum absolute atomic E-state index is 0.127. The number of nitrogens with one attached hydrogen (secondary N) is 2. The number of nitrogens with zero attached hydrogens (tertiary/aromatic N) is 1. The third-order valence-corrected chi connectivity index (χ3v) is 4.85. The molecule has 6 nitrogen and oxygen atoms in total. The number of amides is 1. The molecule has 0 fully saturated rings. The van der Waals surface area contributed by atoms with Gasteiger partial charge in [0.1, 0.15) is 5.82 Å². The number of hydrogen-bond acceptors (Lipinski definition) is 5. The Morgan fingerprint density at radius 1 is 1.20 bits per heavy atom. The van der Waals surface area contributed by atoms with Gasteiger partial charge >= 0.3 is 0 Å². The molecule has 3 aromatic rings. The highest BCUT2D eigenvalue weighted by molar-refractivity contribution is 7.92. The number of carbonyl (C=O) groups excluding carboxylic acids is 1. The SMILES string of the molecule is CS(=O)(=O)Nc1nc2ccc(NC(=O)Cc3ccc(F)cc3)cc2s1. The van der Waals surface area contributed by atoms with Crippen molar-refractivity contribution < 1.29 is 17.6 Å². The molecule has 0 unspecified atom stereocenters. The third kappa shape index (κ3) is 4.74. The lowest BCUT2D eigenvalue weighted by Crippen LogP contribution is -2.14. The minimum atomic E-state index is -3.39. The summed E-state index contributed by atoms with van der Waals surface area (Å²) in [7, 11) is -3.39. The van der Waals surface area contributed by atoms with E-state index < -0.39 is 10.0 Å². The molecule has 130 valence electrons. The van der Waals surface area contributed by atoms with Gasteiger partial charge in [0.05, 0.1) is 22.9 Å². The van der Waals surface area contributed by atoms with Crippen molar-refractivity contribution in [1.29, 1.82) is 0 Å². The van der Waals surface area contributed by atoms with E-state index in [0.29, 0.717) is 16.8 Å². The summed E-state index contributed by atoms with van der Waals surface area (Å²) in [4.78, 5) is 16.3. The fraction of sp³-hybridized carbons (Fsp3) is 0.125. The molecule has 25 heavy (non-hydrogen) atoms. The van der Waals surface area contributed by atoms with Gasteiger partial charge in [0.25, 0.3) is 0 Å². The van der Waals surface area contributed by atoms with Crippen LogP contribution >= 0.6 is 11.3 Å². The first-order chi connectivity index (χ1) is 11.8. The van der Waals surface area contributed by atoms with Gasteiger partial charge in [-0.2, -0.15) is 0 Å². The van der Waals surface area contributed by atoms with Crippen LogP contribution in [0.1, 0.15) is 5.56 Å². The Morgan fingerprint density at radius 2 is 1.92 bits per heavy atom. The predicted octanol–water partition coefficient (Wildman–Crippen LogP) is 2.99. The second-order valence-corrected chi connectivity index (χ2v) is 8.21. The number of halogens is 1. The first-order valence-corrected chi connectivity index (χ1v) is 9.92. The van der Waals surface area contributed by atoms with Crippen molar-refractivity contribution in [2.75, 3.05) is 16.3 Å². The lowest BCUT2D eigenvalue weighted by molar-refractivity contribution is -0.115. The number of benzene rings is 2. The van der Waals surface area contributed by atoms with E-state index >= 15 is 0 Å². The normalized spacial score (nSPS) is 11.4. The Labute approximate surface area is 147 Å². The Morgan fingerprint density at radius 3 is 2.60 bits per heavy atom. The van der Waals surface area contributed by atoms with Crippen molar-refractivity contribution in [2.24, 2.45) is 0 Å². The van der Waals surface area contributed by atoms with Crippen molar-refractivity contribution in [3.8, 4) is 0 Å². The number of carbonyl (C=O) groups is 1. The van der Waals surface area contributed by atoms with Gasteiger partial charge in [-0.3, -0.25) is 9.52 Å². The van der Waals surface area contributed by atoms with Crippen LogP contribution < -0.4 is 10.0 Å². The van der Waals surface area contributed by atoms with Crippen LogP contribution in [0.2, 0.25) is 0 Å². The highest BCUT2D eigenvalue weighted by Gasteiger charge is 2.10. The topological polar surface area (TPSA) is 88.2 Å². The van der Waals surface area contributed by atoms with Gasteiger partial charge in [-0.25, -0.2) is 17.8 Å². The molecular weight excluding hydrogens is 365 g/mol. The van der Waals surface area contributed by atoms with Gasteiger partial charge in [0.15, 0.2) is 5.13 Å². The van der Waals surface area contributed by atoms with Crippen LogP contribution in [0.5, 0.6) is 0 Å². The van der Waals surface area contributed by atoms with Crippen molar-refractivity contribution in [1.82, 2.24) is 4.98 Å². The van der Waals surface area contributed by atoms with Gasteiger partial charge in [0.2, 0.25) is 15.9 Å². The maximum absolute atomic E-state index is 12.9. The molecule has 0 bridgehead atoms. The number of fused-ring (bicyclic) bond motifs is 1. The number of hydrogen-bond donors (Lipinski definition) is 2. The summed E-state index contributed by atoms with van der Waals surface area (Å²) < 4.78 is 38.5. The zero-order valence-electron chi connectivity index (χ0n) is 13.1. The zero-order valence-corrected chi connectivity index (χ0v) is 14.7. The van der Waals surface area contributed by atoms with Crippen molar-refractivity contribution >= 4 is 48.3 Å². The molecule has 0 aliphatic rings. The highest BCUT2D eigenvalue weighted by atomic mass is 32.2. The molecule has 0 aliphatic heterocycles. The van der Waals surface area contributed by atoms with Gasteiger partial charge in [-0.1, -0.05) is 23.5 Å². The fourth-order valence-corrected chi connectivity index (χ4v) is 3.94. The highest BCUT2D eigenvalue weighted by Crippen LogP contribution is 2.28. The van der Waals surface area contributed by atoms with E-state index in [1.54, 1.807) is 30.3 Å². The summed E-state index contributed by atoms with van der Waals surface area (Å²) >= 11 is 1.18. The molecule has 9 heteroatoms. The molecule has 2 aromatic carbocycles. The number of aromatic nitrogens is 1. The van der Waals surface area contributed by atoms with Gasteiger partial charge in [-0.15, -0.1) is 0 Å². The molecule has 0 spiro atoms. The monoisotopic (exact) mass is 379 g/mol. The Bertz CT molecular complexity index is 1030. The van der Waals surface area contributed by atoms with Crippen LogP contribution in [0.25, 0.3) is 10.2 Å². The summed E-state index contributed by atoms with van der Waals surface area (Å²) in [6.45, 7) is 0. The van der Waals surface area contributed by atoms with Crippen LogP contribution in [-0.2, 0) is 21.2 Å². The van der Waals surface area contributed by atoms with E-state index in [9.17, 15) is 17.6 Å². The minimum Gasteiger partial charge on any atom is -0.326 e.